The number of nitrogens with one attached hydrogen (secondary N) is 1. The maximum Gasteiger partial charge on any atom is 0.175 e. The van der Waals surface area contributed by atoms with Crippen molar-refractivity contribution in [3.05, 3.63) is 56.0 Å². The van der Waals surface area contributed by atoms with Gasteiger partial charge in [-0.15, -0.1) is 0 Å². The molecular formula is C22H27BrCl2N2O2. The number of methoxy groups -OCH3 is 1. The second kappa shape index (κ2) is 10.9. The van der Waals surface area contributed by atoms with Crippen LogP contribution in [0.4, 0.5) is 0 Å². The molecule has 0 bridgehead atoms. The summed E-state index contributed by atoms with van der Waals surface area (Å²) in [4.78, 5) is 2.55. The first-order valence-electron chi connectivity index (χ1n) is 9.89. The first-order valence-corrected chi connectivity index (χ1v) is 11.4. The van der Waals surface area contributed by atoms with Gasteiger partial charge in [0.25, 0.3) is 0 Å². The van der Waals surface area contributed by atoms with Crippen molar-refractivity contribution in [1.82, 2.24) is 10.2 Å². The first-order chi connectivity index (χ1) is 14.0. The van der Waals surface area contributed by atoms with Crippen LogP contribution in [0.1, 0.15) is 30.9 Å². The molecule has 1 aliphatic heterocycles. The minimum absolute atomic E-state index is 0.373. The van der Waals surface area contributed by atoms with E-state index in [-0.39, 0.29) is 0 Å². The Hall–Kier alpha value is -0.980. The molecule has 1 fully saturated rings. The van der Waals surface area contributed by atoms with Crippen LogP contribution in [0.25, 0.3) is 0 Å². The zero-order valence-corrected chi connectivity index (χ0v) is 19.9. The molecule has 1 aliphatic rings. The molecule has 1 N–H and O–H groups in total. The third-order valence-corrected chi connectivity index (χ3v) is 6.60. The molecular weight excluding hydrogens is 475 g/mol. The summed E-state index contributed by atoms with van der Waals surface area (Å²) in [5.41, 5.74) is 2.09. The molecule has 0 amide bonds. The average Bonchev–Trinajstić information content (AvgIpc) is 3.17. The number of ether oxygens (including phenoxy) is 2. The van der Waals surface area contributed by atoms with E-state index < -0.39 is 0 Å². The molecule has 0 aromatic heterocycles. The van der Waals surface area contributed by atoms with Crippen molar-refractivity contribution >= 4 is 39.1 Å². The summed E-state index contributed by atoms with van der Waals surface area (Å²) < 4.78 is 12.4. The van der Waals surface area contributed by atoms with Crippen LogP contribution in [-0.4, -0.2) is 37.7 Å². The lowest BCUT2D eigenvalue weighted by Gasteiger charge is -2.23. The summed E-state index contributed by atoms with van der Waals surface area (Å²) in [5, 5.41) is 4.64. The molecule has 0 aliphatic carbocycles. The number of halogens is 3. The number of likely N-dealkylation sites (tertiary alicyclic amines) is 1. The highest BCUT2D eigenvalue weighted by atomic mass is 79.9. The van der Waals surface area contributed by atoms with Gasteiger partial charge in [-0.25, -0.2) is 0 Å². The minimum atomic E-state index is 0.373. The monoisotopic (exact) mass is 500 g/mol. The third kappa shape index (κ3) is 6.02. The molecule has 1 heterocycles. The van der Waals surface area contributed by atoms with Gasteiger partial charge in [-0.1, -0.05) is 36.2 Å². The average molecular weight is 502 g/mol. The second-order valence-corrected chi connectivity index (χ2v) is 8.87. The number of nitrogens with zero attached hydrogens (tertiary/aromatic N) is 1. The standard InChI is InChI=1S/C22H27BrCl2N2O2/c1-3-27-8-4-5-17(27)13-26-12-16-9-18(23)22(21(11-16)28-2)29-14-15-6-7-19(24)20(25)10-15/h6-7,9-11,17,26H,3-5,8,12-14H2,1-2H3. The zero-order chi connectivity index (χ0) is 20.8. The fourth-order valence-electron chi connectivity index (χ4n) is 3.73. The van der Waals surface area contributed by atoms with E-state index in [1.54, 1.807) is 13.2 Å². The van der Waals surface area contributed by atoms with E-state index in [4.69, 9.17) is 32.7 Å². The van der Waals surface area contributed by atoms with Crippen molar-refractivity contribution in [2.75, 3.05) is 26.7 Å². The fourth-order valence-corrected chi connectivity index (χ4v) is 4.65. The van der Waals surface area contributed by atoms with Crippen LogP contribution in [0.15, 0.2) is 34.8 Å². The molecule has 1 unspecified atom stereocenters. The van der Waals surface area contributed by atoms with Gasteiger partial charge in [0.05, 0.1) is 21.6 Å². The zero-order valence-electron chi connectivity index (χ0n) is 16.8. The van der Waals surface area contributed by atoms with Crippen molar-refractivity contribution in [3.8, 4) is 11.5 Å². The van der Waals surface area contributed by atoms with E-state index in [9.17, 15) is 0 Å². The molecule has 2 aromatic carbocycles. The molecule has 29 heavy (non-hydrogen) atoms. The van der Waals surface area contributed by atoms with Gasteiger partial charge in [0.15, 0.2) is 11.5 Å². The van der Waals surface area contributed by atoms with Gasteiger partial charge >= 0.3 is 0 Å². The van der Waals surface area contributed by atoms with Crippen LogP contribution < -0.4 is 14.8 Å². The Morgan fingerprint density at radius 2 is 2.00 bits per heavy atom. The van der Waals surface area contributed by atoms with Gasteiger partial charge in [-0.3, -0.25) is 4.90 Å². The molecule has 1 saturated heterocycles. The number of rotatable bonds is 9. The number of hydrogen-bond acceptors (Lipinski definition) is 4. The smallest absolute Gasteiger partial charge is 0.175 e. The Labute approximate surface area is 191 Å². The molecule has 0 spiro atoms. The van der Waals surface area contributed by atoms with E-state index in [1.165, 1.54) is 19.4 Å². The number of hydrogen-bond donors (Lipinski definition) is 1. The largest absolute Gasteiger partial charge is 0.493 e. The predicted octanol–water partition coefficient (Wildman–Crippen LogP) is 5.92. The van der Waals surface area contributed by atoms with E-state index in [0.29, 0.717) is 34.2 Å². The van der Waals surface area contributed by atoms with E-state index in [0.717, 1.165) is 35.2 Å². The van der Waals surface area contributed by atoms with E-state index >= 15 is 0 Å². The lowest BCUT2D eigenvalue weighted by atomic mass is 10.1. The Morgan fingerprint density at radius 1 is 1.17 bits per heavy atom. The fraction of sp³-hybridized carbons (Fsp3) is 0.455. The summed E-state index contributed by atoms with van der Waals surface area (Å²) in [6, 6.07) is 10.2. The number of benzene rings is 2. The SMILES string of the molecule is CCN1CCCC1CNCc1cc(Br)c(OCc2ccc(Cl)c(Cl)c2)c(OC)c1. The van der Waals surface area contributed by atoms with E-state index in [2.05, 4.69) is 39.1 Å². The molecule has 4 nitrogen and oxygen atoms in total. The number of likely N-dealkylation sites (N-methyl/N-ethyl adjacent to an activating group) is 1. The van der Waals surface area contributed by atoms with Crippen molar-refractivity contribution in [3.63, 3.8) is 0 Å². The molecule has 3 rings (SSSR count). The second-order valence-electron chi connectivity index (χ2n) is 7.20. The quantitative estimate of drug-likeness (QED) is 0.462. The Bertz CT molecular complexity index is 835. The first kappa shape index (κ1) is 22.7. The van der Waals surface area contributed by atoms with Gasteiger partial charge in [-0.2, -0.15) is 0 Å². The minimum Gasteiger partial charge on any atom is -0.493 e. The third-order valence-electron chi connectivity index (χ3n) is 5.27. The van der Waals surface area contributed by atoms with Crippen LogP contribution in [0.5, 0.6) is 11.5 Å². The summed E-state index contributed by atoms with van der Waals surface area (Å²) >= 11 is 15.7. The molecule has 2 aromatic rings. The molecule has 1 atom stereocenters. The van der Waals surface area contributed by atoms with Gasteiger partial charge in [-0.05, 0) is 77.3 Å². The summed E-state index contributed by atoms with van der Waals surface area (Å²) in [7, 11) is 1.66. The molecule has 158 valence electrons. The predicted molar refractivity (Wildman–Crippen MR) is 123 cm³/mol. The maximum atomic E-state index is 6.09. The van der Waals surface area contributed by atoms with Crippen LogP contribution in [0.2, 0.25) is 10.0 Å². The lowest BCUT2D eigenvalue weighted by molar-refractivity contribution is 0.259. The molecule has 0 radical (unpaired) electrons. The van der Waals surface area contributed by atoms with Crippen LogP contribution >= 0.6 is 39.1 Å². The van der Waals surface area contributed by atoms with Gasteiger partial charge in [0, 0.05) is 19.1 Å². The molecule has 7 heteroatoms. The Morgan fingerprint density at radius 3 is 2.72 bits per heavy atom. The van der Waals surface area contributed by atoms with E-state index in [1.807, 2.05) is 18.2 Å². The van der Waals surface area contributed by atoms with Crippen LogP contribution in [0, 0.1) is 0 Å². The Kier molecular flexibility index (Phi) is 8.51. The summed E-state index contributed by atoms with van der Waals surface area (Å²) in [6.07, 6.45) is 2.57. The summed E-state index contributed by atoms with van der Waals surface area (Å²) in [6.45, 7) is 6.73. The van der Waals surface area contributed by atoms with Crippen molar-refractivity contribution in [2.45, 2.75) is 39.0 Å². The topological polar surface area (TPSA) is 33.7 Å². The van der Waals surface area contributed by atoms with Gasteiger partial charge in [0.2, 0.25) is 0 Å². The maximum absolute atomic E-state index is 6.09. The highest BCUT2D eigenvalue weighted by molar-refractivity contribution is 9.10. The highest BCUT2D eigenvalue weighted by Gasteiger charge is 2.22. The lowest BCUT2D eigenvalue weighted by Crippen LogP contribution is -2.37. The van der Waals surface area contributed by atoms with Crippen molar-refractivity contribution < 1.29 is 9.47 Å². The van der Waals surface area contributed by atoms with Gasteiger partial charge < -0.3 is 14.8 Å². The van der Waals surface area contributed by atoms with Crippen molar-refractivity contribution in [2.24, 2.45) is 0 Å². The van der Waals surface area contributed by atoms with Crippen molar-refractivity contribution in [1.29, 1.82) is 0 Å². The van der Waals surface area contributed by atoms with Crippen LogP contribution in [-0.2, 0) is 13.2 Å². The Balaban J connectivity index is 1.61. The summed E-state index contributed by atoms with van der Waals surface area (Å²) in [5.74, 6) is 1.38. The molecule has 0 saturated carbocycles. The van der Waals surface area contributed by atoms with Gasteiger partial charge in [0.1, 0.15) is 6.61 Å². The van der Waals surface area contributed by atoms with Crippen LogP contribution in [0.3, 0.4) is 0 Å². The highest BCUT2D eigenvalue weighted by Crippen LogP contribution is 2.37. The normalized spacial score (nSPS) is 16.9.